The molecule has 16 heavy (non-hydrogen) atoms. The van der Waals surface area contributed by atoms with Crippen molar-refractivity contribution >= 4 is 17.7 Å². The summed E-state index contributed by atoms with van der Waals surface area (Å²) in [7, 11) is 0. The molecule has 0 radical (unpaired) electrons. The molecule has 1 heterocycles. The number of aliphatic carboxylic acids is 1. The lowest BCUT2D eigenvalue weighted by Gasteiger charge is -2.36. The normalized spacial score (nSPS) is 20.9. The molecule has 0 bridgehead atoms. The lowest BCUT2D eigenvalue weighted by atomic mass is 10.00. The fourth-order valence-corrected chi connectivity index (χ4v) is 1.81. The highest BCUT2D eigenvalue weighted by Gasteiger charge is 2.32. The van der Waals surface area contributed by atoms with E-state index in [4.69, 9.17) is 0 Å². The van der Waals surface area contributed by atoms with Crippen molar-refractivity contribution in [1.29, 1.82) is 0 Å². The van der Waals surface area contributed by atoms with Crippen LogP contribution in [-0.4, -0.2) is 35.1 Å². The first-order valence-corrected chi connectivity index (χ1v) is 5.50. The van der Waals surface area contributed by atoms with E-state index in [0.29, 0.717) is 13.0 Å². The molecule has 0 saturated carbocycles. The van der Waals surface area contributed by atoms with Crippen LogP contribution < -0.4 is 5.11 Å². The van der Waals surface area contributed by atoms with Crippen molar-refractivity contribution in [3.63, 3.8) is 0 Å². The van der Waals surface area contributed by atoms with E-state index in [0.717, 1.165) is 17.7 Å². The number of likely N-dealkylation sites (tertiary alicyclic amines) is 1. The average molecular weight is 226 g/mol. The third-order valence-corrected chi connectivity index (χ3v) is 2.77. The number of carbonyl (C=O) groups excluding carboxylic acids is 3. The number of hydrogen-bond acceptors (Lipinski definition) is 4. The molecular formula is C11H16NO4-. The first-order valence-electron chi connectivity index (χ1n) is 5.50. The summed E-state index contributed by atoms with van der Waals surface area (Å²) in [5.74, 6) is -2.90. The van der Waals surface area contributed by atoms with Gasteiger partial charge in [0.15, 0.2) is 0 Å². The summed E-state index contributed by atoms with van der Waals surface area (Å²) in [5, 5.41) is 10.8. The number of carbonyl (C=O) groups is 3. The standard InChI is InChI=1S/C11H17NO4/c1-7(2)9(13)10(14)12-6-4-3-5-8(12)11(15)16/h7-8H,3-6H2,1-2H3,(H,15,16)/p-1. The molecule has 90 valence electrons. The van der Waals surface area contributed by atoms with Crippen molar-refractivity contribution in [2.24, 2.45) is 5.92 Å². The Morgan fingerprint density at radius 1 is 1.25 bits per heavy atom. The average Bonchev–Trinajstić information content (AvgIpc) is 2.26. The highest BCUT2D eigenvalue weighted by molar-refractivity contribution is 6.37. The maximum Gasteiger partial charge on any atom is 0.290 e. The predicted molar refractivity (Wildman–Crippen MR) is 54.2 cm³/mol. The number of rotatable bonds is 3. The summed E-state index contributed by atoms with van der Waals surface area (Å²) < 4.78 is 0. The first kappa shape index (κ1) is 12.7. The van der Waals surface area contributed by atoms with Crippen LogP contribution in [-0.2, 0) is 14.4 Å². The first-order chi connectivity index (χ1) is 7.45. The number of ketones is 1. The lowest BCUT2D eigenvalue weighted by Crippen LogP contribution is -2.55. The third-order valence-electron chi connectivity index (χ3n) is 2.77. The smallest absolute Gasteiger partial charge is 0.290 e. The van der Waals surface area contributed by atoms with Gasteiger partial charge in [0.2, 0.25) is 5.78 Å². The molecule has 0 N–H and O–H groups in total. The van der Waals surface area contributed by atoms with Crippen LogP contribution in [0.1, 0.15) is 33.1 Å². The van der Waals surface area contributed by atoms with E-state index in [9.17, 15) is 19.5 Å². The Morgan fingerprint density at radius 2 is 1.88 bits per heavy atom. The van der Waals surface area contributed by atoms with Gasteiger partial charge in [0.25, 0.3) is 5.91 Å². The van der Waals surface area contributed by atoms with Crippen LogP contribution in [0.15, 0.2) is 0 Å². The number of piperidine rings is 1. The van der Waals surface area contributed by atoms with E-state index < -0.39 is 29.6 Å². The minimum absolute atomic E-state index is 0.329. The van der Waals surface area contributed by atoms with Crippen molar-refractivity contribution in [2.75, 3.05) is 6.54 Å². The molecule has 0 aromatic rings. The van der Waals surface area contributed by atoms with Crippen LogP contribution >= 0.6 is 0 Å². The van der Waals surface area contributed by atoms with Crippen LogP contribution in [0.25, 0.3) is 0 Å². The second kappa shape index (κ2) is 5.09. The van der Waals surface area contributed by atoms with Gasteiger partial charge in [0.05, 0.1) is 12.0 Å². The lowest BCUT2D eigenvalue weighted by molar-refractivity contribution is -0.312. The van der Waals surface area contributed by atoms with E-state index in [1.807, 2.05) is 0 Å². The van der Waals surface area contributed by atoms with Crippen molar-refractivity contribution in [3.05, 3.63) is 0 Å². The molecular weight excluding hydrogens is 210 g/mol. The van der Waals surface area contributed by atoms with Crippen LogP contribution in [0.5, 0.6) is 0 Å². The Labute approximate surface area is 94.4 Å². The molecule has 5 heteroatoms. The molecule has 1 aliphatic rings. The maximum absolute atomic E-state index is 11.7. The fraction of sp³-hybridized carbons (Fsp3) is 0.727. The van der Waals surface area contributed by atoms with E-state index in [-0.39, 0.29) is 0 Å². The number of amides is 1. The highest BCUT2D eigenvalue weighted by atomic mass is 16.4. The molecule has 1 fully saturated rings. The number of hydrogen-bond donors (Lipinski definition) is 0. The minimum Gasteiger partial charge on any atom is -0.548 e. The number of nitrogens with zero attached hydrogens (tertiary/aromatic N) is 1. The molecule has 0 aliphatic carbocycles. The van der Waals surface area contributed by atoms with Gasteiger partial charge < -0.3 is 14.8 Å². The maximum atomic E-state index is 11.7. The summed E-state index contributed by atoms with van der Waals surface area (Å²) in [6.07, 6.45) is 1.86. The molecule has 1 amide bonds. The van der Waals surface area contributed by atoms with Gasteiger partial charge in [-0.25, -0.2) is 0 Å². The van der Waals surface area contributed by atoms with Crippen LogP contribution in [0.3, 0.4) is 0 Å². The Bertz CT molecular complexity index is 311. The molecule has 5 nitrogen and oxygen atoms in total. The summed E-state index contributed by atoms with van der Waals surface area (Å²) in [4.78, 5) is 35.2. The van der Waals surface area contributed by atoms with Crippen molar-refractivity contribution in [3.8, 4) is 0 Å². The summed E-state index contributed by atoms with van der Waals surface area (Å²) in [5.41, 5.74) is 0. The van der Waals surface area contributed by atoms with Crippen molar-refractivity contribution in [1.82, 2.24) is 4.90 Å². The second-order valence-electron chi connectivity index (χ2n) is 4.35. The Hall–Kier alpha value is -1.39. The molecule has 0 aromatic carbocycles. The van der Waals surface area contributed by atoms with Gasteiger partial charge in [-0.05, 0) is 19.3 Å². The highest BCUT2D eigenvalue weighted by Crippen LogP contribution is 2.17. The molecule has 1 unspecified atom stereocenters. The largest absolute Gasteiger partial charge is 0.548 e. The second-order valence-corrected chi connectivity index (χ2v) is 4.35. The van der Waals surface area contributed by atoms with Gasteiger partial charge in [-0.1, -0.05) is 13.8 Å². The van der Waals surface area contributed by atoms with Crippen LogP contribution in [0.2, 0.25) is 0 Å². The van der Waals surface area contributed by atoms with E-state index in [1.165, 1.54) is 0 Å². The number of Topliss-reactive ketones (excluding diaryl/α,β-unsaturated/α-hetero) is 1. The zero-order valence-electron chi connectivity index (χ0n) is 9.56. The van der Waals surface area contributed by atoms with Gasteiger partial charge >= 0.3 is 0 Å². The third kappa shape index (κ3) is 2.59. The summed E-state index contributed by atoms with van der Waals surface area (Å²) >= 11 is 0. The summed E-state index contributed by atoms with van der Waals surface area (Å²) in [6, 6.07) is -0.941. The SMILES string of the molecule is CC(C)C(=O)C(=O)N1CCCCC1C(=O)[O-]. The quantitative estimate of drug-likeness (QED) is 0.599. The van der Waals surface area contributed by atoms with E-state index in [1.54, 1.807) is 13.8 Å². The fourth-order valence-electron chi connectivity index (χ4n) is 1.81. The molecule has 0 spiro atoms. The van der Waals surface area contributed by atoms with Gasteiger partial charge in [0, 0.05) is 12.5 Å². The van der Waals surface area contributed by atoms with Gasteiger partial charge in [0.1, 0.15) is 0 Å². The molecule has 0 aromatic heterocycles. The topological polar surface area (TPSA) is 77.5 Å². The van der Waals surface area contributed by atoms with Gasteiger partial charge in [-0.3, -0.25) is 9.59 Å². The zero-order chi connectivity index (χ0) is 12.3. The molecule has 1 aliphatic heterocycles. The van der Waals surface area contributed by atoms with Gasteiger partial charge in [-0.15, -0.1) is 0 Å². The molecule has 1 rings (SSSR count). The Kier molecular flexibility index (Phi) is 4.04. The van der Waals surface area contributed by atoms with Gasteiger partial charge in [-0.2, -0.15) is 0 Å². The van der Waals surface area contributed by atoms with Crippen molar-refractivity contribution in [2.45, 2.75) is 39.2 Å². The minimum atomic E-state index is -1.27. The summed E-state index contributed by atoms with van der Waals surface area (Å²) in [6.45, 7) is 3.58. The molecule has 1 saturated heterocycles. The molecule has 1 atom stereocenters. The van der Waals surface area contributed by atoms with Crippen LogP contribution in [0, 0.1) is 5.92 Å². The zero-order valence-corrected chi connectivity index (χ0v) is 9.56. The monoisotopic (exact) mass is 226 g/mol. The van der Waals surface area contributed by atoms with Crippen LogP contribution in [0.4, 0.5) is 0 Å². The predicted octanol–water partition coefficient (Wildman–Crippen LogP) is -0.657. The number of carboxylic acids is 1. The van der Waals surface area contributed by atoms with Crippen molar-refractivity contribution < 1.29 is 19.5 Å². The van der Waals surface area contributed by atoms with E-state index >= 15 is 0 Å². The number of carboxylic acid groups (broad SMARTS) is 1. The Morgan fingerprint density at radius 3 is 2.38 bits per heavy atom. The van der Waals surface area contributed by atoms with E-state index in [2.05, 4.69) is 0 Å². The Balaban J connectivity index is 2.79.